The third-order valence-corrected chi connectivity index (χ3v) is 4.97. The molecule has 0 bridgehead atoms. The molecule has 7 nitrogen and oxygen atoms in total. The van der Waals surface area contributed by atoms with E-state index in [-0.39, 0.29) is 24.4 Å². The molecular formula is C20H39N3O4. The molecule has 0 aliphatic heterocycles. The first-order valence-corrected chi connectivity index (χ1v) is 10.1. The molecule has 0 aromatic carbocycles. The molecule has 0 spiro atoms. The first-order valence-electron chi connectivity index (χ1n) is 10.1. The van der Waals surface area contributed by atoms with Crippen molar-refractivity contribution in [3.63, 3.8) is 0 Å². The molecule has 1 rings (SSSR count). The molecule has 1 saturated carbocycles. The van der Waals surface area contributed by atoms with Gasteiger partial charge < -0.3 is 20.1 Å². The lowest BCUT2D eigenvalue weighted by atomic mass is 9.80. The molecule has 1 aliphatic carbocycles. The van der Waals surface area contributed by atoms with Gasteiger partial charge in [-0.05, 0) is 60.4 Å². The van der Waals surface area contributed by atoms with Gasteiger partial charge in [-0.1, -0.05) is 6.92 Å². The second kappa shape index (κ2) is 10.9. The smallest absolute Gasteiger partial charge is 0.408 e. The zero-order chi connectivity index (χ0) is 20.6. The van der Waals surface area contributed by atoms with Gasteiger partial charge in [-0.3, -0.25) is 9.69 Å². The Hall–Kier alpha value is -1.34. The van der Waals surface area contributed by atoms with E-state index in [1.54, 1.807) is 27.9 Å². The largest absolute Gasteiger partial charge is 0.444 e. The van der Waals surface area contributed by atoms with Gasteiger partial charge in [0.15, 0.2) is 0 Å². The number of nitrogens with zero attached hydrogens (tertiary/aromatic N) is 1. The highest BCUT2D eigenvalue weighted by Gasteiger charge is 2.34. The SMILES string of the molecule is CCN(C(C)C)[C@@H]1CC[C@H](NC(=O)CNC(=O)OC(C)(C)C)[C@@H](COC)C1. The molecule has 0 radical (unpaired) electrons. The van der Waals surface area contributed by atoms with Crippen LogP contribution in [0.25, 0.3) is 0 Å². The first kappa shape index (κ1) is 23.7. The number of methoxy groups -OCH3 is 1. The molecule has 0 heterocycles. The van der Waals surface area contributed by atoms with E-state index < -0.39 is 11.7 Å². The fraction of sp³-hybridized carbons (Fsp3) is 0.900. The Balaban J connectivity index is 2.56. The summed E-state index contributed by atoms with van der Waals surface area (Å²) in [4.78, 5) is 26.5. The van der Waals surface area contributed by atoms with Gasteiger partial charge in [0.25, 0.3) is 0 Å². The Kier molecular flexibility index (Phi) is 9.53. The Bertz CT molecular complexity index is 476. The lowest BCUT2D eigenvalue weighted by Gasteiger charge is -2.42. The molecule has 0 unspecified atom stereocenters. The van der Waals surface area contributed by atoms with Crippen LogP contribution in [0, 0.1) is 5.92 Å². The van der Waals surface area contributed by atoms with Crippen molar-refractivity contribution in [3.05, 3.63) is 0 Å². The summed E-state index contributed by atoms with van der Waals surface area (Å²) >= 11 is 0. The van der Waals surface area contributed by atoms with Gasteiger partial charge in [0, 0.05) is 31.2 Å². The van der Waals surface area contributed by atoms with E-state index in [2.05, 4.69) is 36.3 Å². The summed E-state index contributed by atoms with van der Waals surface area (Å²) in [5, 5.41) is 5.58. The number of hydrogen-bond donors (Lipinski definition) is 2. The zero-order valence-corrected chi connectivity index (χ0v) is 18.1. The van der Waals surface area contributed by atoms with Crippen molar-refractivity contribution >= 4 is 12.0 Å². The summed E-state index contributed by atoms with van der Waals surface area (Å²) in [6.07, 6.45) is 2.39. The topological polar surface area (TPSA) is 79.9 Å². The minimum atomic E-state index is -0.579. The maximum absolute atomic E-state index is 12.3. The first-order chi connectivity index (χ1) is 12.6. The van der Waals surface area contributed by atoms with Crippen molar-refractivity contribution in [1.29, 1.82) is 0 Å². The number of alkyl carbamates (subject to hydrolysis) is 1. The molecule has 0 aromatic heterocycles. The van der Waals surface area contributed by atoms with Crippen LogP contribution in [0.3, 0.4) is 0 Å². The molecule has 0 aromatic rings. The second-order valence-corrected chi connectivity index (χ2v) is 8.64. The summed E-state index contributed by atoms with van der Waals surface area (Å²) in [6.45, 7) is 13.6. The van der Waals surface area contributed by atoms with Crippen LogP contribution in [0.5, 0.6) is 0 Å². The third kappa shape index (κ3) is 8.47. The van der Waals surface area contributed by atoms with Gasteiger partial charge in [-0.15, -0.1) is 0 Å². The highest BCUT2D eigenvalue weighted by Crippen LogP contribution is 2.29. The summed E-state index contributed by atoms with van der Waals surface area (Å²) in [6, 6.07) is 1.09. The van der Waals surface area contributed by atoms with Crippen LogP contribution in [0.2, 0.25) is 0 Å². The van der Waals surface area contributed by atoms with E-state index >= 15 is 0 Å². The predicted molar refractivity (Wildman–Crippen MR) is 107 cm³/mol. The Morgan fingerprint density at radius 2 is 1.89 bits per heavy atom. The van der Waals surface area contributed by atoms with Gasteiger partial charge in [0.1, 0.15) is 12.1 Å². The van der Waals surface area contributed by atoms with Crippen LogP contribution in [-0.4, -0.2) is 67.4 Å². The fourth-order valence-electron chi connectivity index (χ4n) is 3.90. The number of carbonyl (C=O) groups is 2. The number of amides is 2. The molecular weight excluding hydrogens is 346 g/mol. The molecule has 3 atom stereocenters. The van der Waals surface area contributed by atoms with Crippen LogP contribution in [-0.2, 0) is 14.3 Å². The Labute approximate surface area is 164 Å². The molecule has 1 fully saturated rings. The van der Waals surface area contributed by atoms with Gasteiger partial charge >= 0.3 is 6.09 Å². The molecule has 7 heteroatoms. The second-order valence-electron chi connectivity index (χ2n) is 8.64. The van der Waals surface area contributed by atoms with Crippen LogP contribution < -0.4 is 10.6 Å². The maximum atomic E-state index is 12.3. The monoisotopic (exact) mass is 385 g/mol. The van der Waals surface area contributed by atoms with Crippen molar-refractivity contribution in [2.24, 2.45) is 5.92 Å². The van der Waals surface area contributed by atoms with E-state index in [0.717, 1.165) is 25.8 Å². The molecule has 0 saturated heterocycles. The van der Waals surface area contributed by atoms with Crippen LogP contribution in [0.4, 0.5) is 4.79 Å². The van der Waals surface area contributed by atoms with E-state index in [1.165, 1.54) is 0 Å². The standard InChI is InChI=1S/C20H39N3O4/c1-8-23(14(2)3)16-9-10-17(15(11-16)13-26-7)22-18(24)12-21-19(25)27-20(4,5)6/h14-17H,8-13H2,1-7H3,(H,21,25)(H,22,24)/t15-,16-,17+/m1/s1. The number of rotatable bonds is 8. The average Bonchev–Trinajstić information content (AvgIpc) is 2.54. The van der Waals surface area contributed by atoms with Crippen molar-refractivity contribution in [1.82, 2.24) is 15.5 Å². The van der Waals surface area contributed by atoms with Crippen LogP contribution >= 0.6 is 0 Å². The lowest BCUT2D eigenvalue weighted by Crippen LogP contribution is -2.52. The summed E-state index contributed by atoms with van der Waals surface area (Å²) < 4.78 is 10.6. The highest BCUT2D eigenvalue weighted by atomic mass is 16.6. The molecule has 2 amide bonds. The van der Waals surface area contributed by atoms with Crippen LogP contribution in [0.15, 0.2) is 0 Å². The van der Waals surface area contributed by atoms with Crippen LogP contribution in [0.1, 0.15) is 60.8 Å². The van der Waals surface area contributed by atoms with Gasteiger partial charge in [-0.25, -0.2) is 4.79 Å². The Morgan fingerprint density at radius 1 is 1.22 bits per heavy atom. The van der Waals surface area contributed by atoms with E-state index in [1.807, 2.05) is 0 Å². The summed E-state index contributed by atoms with van der Waals surface area (Å²) in [5.74, 6) is 0.0775. The molecule has 27 heavy (non-hydrogen) atoms. The van der Waals surface area contributed by atoms with E-state index in [4.69, 9.17) is 9.47 Å². The maximum Gasteiger partial charge on any atom is 0.408 e. The van der Waals surface area contributed by atoms with Crippen molar-refractivity contribution < 1.29 is 19.1 Å². The molecule has 2 N–H and O–H groups in total. The number of carbonyl (C=O) groups excluding carboxylic acids is 2. The van der Waals surface area contributed by atoms with Crippen molar-refractivity contribution in [2.45, 2.75) is 84.5 Å². The average molecular weight is 386 g/mol. The fourth-order valence-corrected chi connectivity index (χ4v) is 3.90. The number of nitrogens with one attached hydrogen (secondary N) is 2. The summed E-state index contributed by atoms with van der Waals surface area (Å²) in [7, 11) is 1.70. The number of hydrogen-bond acceptors (Lipinski definition) is 5. The van der Waals surface area contributed by atoms with Gasteiger partial charge in [0.2, 0.25) is 5.91 Å². The van der Waals surface area contributed by atoms with Crippen molar-refractivity contribution in [3.8, 4) is 0 Å². The van der Waals surface area contributed by atoms with Crippen molar-refractivity contribution in [2.75, 3.05) is 26.8 Å². The Morgan fingerprint density at radius 3 is 2.41 bits per heavy atom. The highest BCUT2D eigenvalue weighted by molar-refractivity contribution is 5.82. The third-order valence-electron chi connectivity index (χ3n) is 4.97. The molecule has 158 valence electrons. The lowest BCUT2D eigenvalue weighted by molar-refractivity contribution is -0.122. The zero-order valence-electron chi connectivity index (χ0n) is 18.1. The normalized spacial score (nSPS) is 23.4. The number of ether oxygens (including phenoxy) is 2. The minimum Gasteiger partial charge on any atom is -0.444 e. The van der Waals surface area contributed by atoms with Gasteiger partial charge in [0.05, 0.1) is 6.61 Å². The van der Waals surface area contributed by atoms with E-state index in [0.29, 0.717) is 18.7 Å². The van der Waals surface area contributed by atoms with E-state index in [9.17, 15) is 9.59 Å². The quantitative estimate of drug-likeness (QED) is 0.671. The van der Waals surface area contributed by atoms with Gasteiger partial charge in [-0.2, -0.15) is 0 Å². The molecule has 1 aliphatic rings. The predicted octanol–water partition coefficient (Wildman–Crippen LogP) is 2.54. The minimum absolute atomic E-state index is 0.0694. The summed E-state index contributed by atoms with van der Waals surface area (Å²) in [5.41, 5.74) is -0.579.